The summed E-state index contributed by atoms with van der Waals surface area (Å²) in [6.07, 6.45) is -1.49. The van der Waals surface area contributed by atoms with Crippen molar-refractivity contribution < 1.29 is 28.5 Å². The number of aromatic hydroxyl groups is 1. The van der Waals surface area contributed by atoms with E-state index in [2.05, 4.69) is 20.5 Å². The van der Waals surface area contributed by atoms with Crippen molar-refractivity contribution in [2.45, 2.75) is 43.7 Å². The van der Waals surface area contributed by atoms with Gasteiger partial charge in [-0.2, -0.15) is 13.2 Å². The standard InChI is InChI=1S/C20H19F3N4O3/c21-20(22,23)10-4-5-12(16(29)8-10)17-11-6-7-24-9-13(11)19(27-26-17)25-14-2-1-3-15(28)18(14)30/h4-9,14-15,18,28-30H,1-3H2,(H,25,27)/t14-,15+,18+/m0/s1. The van der Waals surface area contributed by atoms with Crippen LogP contribution in [0.15, 0.2) is 36.7 Å². The molecule has 3 atom stereocenters. The highest BCUT2D eigenvalue weighted by molar-refractivity contribution is 6.00. The number of nitrogens with zero attached hydrogens (tertiary/aromatic N) is 3. The molecule has 1 aliphatic carbocycles. The molecule has 7 nitrogen and oxygen atoms in total. The van der Waals surface area contributed by atoms with Crippen molar-refractivity contribution >= 4 is 16.6 Å². The van der Waals surface area contributed by atoms with Crippen molar-refractivity contribution in [1.82, 2.24) is 15.2 Å². The number of pyridine rings is 1. The van der Waals surface area contributed by atoms with Gasteiger partial charge in [0.2, 0.25) is 0 Å². The molecular formula is C20H19F3N4O3. The van der Waals surface area contributed by atoms with Crippen LogP contribution in [0.4, 0.5) is 19.0 Å². The van der Waals surface area contributed by atoms with Gasteiger partial charge in [-0.3, -0.25) is 4.98 Å². The van der Waals surface area contributed by atoms with Crippen LogP contribution in [-0.2, 0) is 6.18 Å². The maximum atomic E-state index is 12.9. The first-order valence-electron chi connectivity index (χ1n) is 9.39. The van der Waals surface area contributed by atoms with Crippen LogP contribution < -0.4 is 5.32 Å². The van der Waals surface area contributed by atoms with Crippen molar-refractivity contribution in [3.63, 3.8) is 0 Å². The zero-order valence-electron chi connectivity index (χ0n) is 15.6. The topological polar surface area (TPSA) is 111 Å². The Morgan fingerprint density at radius 2 is 1.83 bits per heavy atom. The smallest absolute Gasteiger partial charge is 0.416 e. The number of aromatic nitrogens is 3. The van der Waals surface area contributed by atoms with E-state index in [9.17, 15) is 28.5 Å². The van der Waals surface area contributed by atoms with E-state index in [1.165, 1.54) is 12.4 Å². The van der Waals surface area contributed by atoms with E-state index in [0.29, 0.717) is 35.5 Å². The predicted molar refractivity (Wildman–Crippen MR) is 103 cm³/mol. The van der Waals surface area contributed by atoms with Gasteiger partial charge in [0.05, 0.1) is 23.8 Å². The highest BCUT2D eigenvalue weighted by Crippen LogP contribution is 2.38. The monoisotopic (exact) mass is 420 g/mol. The lowest BCUT2D eigenvalue weighted by Gasteiger charge is -2.32. The summed E-state index contributed by atoms with van der Waals surface area (Å²) in [5, 5.41) is 42.7. The quantitative estimate of drug-likeness (QED) is 0.515. The third-order valence-corrected chi connectivity index (χ3v) is 5.31. The molecule has 30 heavy (non-hydrogen) atoms. The van der Waals surface area contributed by atoms with Gasteiger partial charge >= 0.3 is 6.18 Å². The minimum absolute atomic E-state index is 0.103. The molecule has 4 N–H and O–H groups in total. The van der Waals surface area contributed by atoms with E-state index in [0.717, 1.165) is 18.6 Å². The van der Waals surface area contributed by atoms with Gasteiger partial charge in [0.15, 0.2) is 5.82 Å². The van der Waals surface area contributed by atoms with E-state index in [-0.39, 0.29) is 11.3 Å². The summed E-state index contributed by atoms with van der Waals surface area (Å²) in [5.41, 5.74) is -0.661. The second kappa shape index (κ2) is 7.69. The van der Waals surface area contributed by atoms with Gasteiger partial charge < -0.3 is 20.6 Å². The number of benzene rings is 1. The summed E-state index contributed by atoms with van der Waals surface area (Å²) in [6, 6.07) is 3.85. The molecule has 2 heterocycles. The molecule has 0 saturated heterocycles. The van der Waals surface area contributed by atoms with Crippen LogP contribution in [0.2, 0.25) is 0 Å². The van der Waals surface area contributed by atoms with Crippen molar-refractivity contribution in [1.29, 1.82) is 0 Å². The lowest BCUT2D eigenvalue weighted by atomic mass is 9.90. The Morgan fingerprint density at radius 1 is 1.03 bits per heavy atom. The molecule has 0 amide bonds. The van der Waals surface area contributed by atoms with E-state index in [1.54, 1.807) is 6.07 Å². The SMILES string of the molecule is Oc1cc(C(F)(F)F)ccc1-c1nnc(N[C@H]2CCC[C@@H](O)[C@@H]2O)c2cnccc12. The summed E-state index contributed by atoms with van der Waals surface area (Å²) < 4.78 is 38.7. The van der Waals surface area contributed by atoms with Gasteiger partial charge in [-0.05, 0) is 43.5 Å². The average molecular weight is 420 g/mol. The van der Waals surface area contributed by atoms with Crippen molar-refractivity contribution in [2.75, 3.05) is 5.32 Å². The van der Waals surface area contributed by atoms with Crippen LogP contribution in [0, 0.1) is 0 Å². The zero-order chi connectivity index (χ0) is 21.5. The first kappa shape index (κ1) is 20.3. The normalized spacial score (nSPS) is 22.2. The Labute approximate surface area is 169 Å². The van der Waals surface area contributed by atoms with Gasteiger partial charge in [0.1, 0.15) is 11.4 Å². The fraction of sp³-hybridized carbons (Fsp3) is 0.350. The van der Waals surface area contributed by atoms with Crippen LogP contribution >= 0.6 is 0 Å². The third-order valence-electron chi connectivity index (χ3n) is 5.31. The maximum absolute atomic E-state index is 12.9. The number of aliphatic hydroxyl groups excluding tert-OH is 2. The molecule has 0 bridgehead atoms. The molecule has 158 valence electrons. The maximum Gasteiger partial charge on any atom is 0.416 e. The molecule has 1 fully saturated rings. The molecule has 3 aromatic rings. The van der Waals surface area contributed by atoms with Crippen LogP contribution in [0.3, 0.4) is 0 Å². The van der Waals surface area contributed by atoms with Crippen molar-refractivity contribution in [3.8, 4) is 17.0 Å². The van der Waals surface area contributed by atoms with Crippen molar-refractivity contribution in [2.24, 2.45) is 0 Å². The van der Waals surface area contributed by atoms with E-state index < -0.39 is 35.7 Å². The Kier molecular flexibility index (Phi) is 5.20. The number of phenols is 1. The number of phenolic OH excluding ortho intramolecular Hbond substituents is 1. The molecule has 10 heteroatoms. The second-order valence-electron chi connectivity index (χ2n) is 7.29. The minimum atomic E-state index is -4.58. The Hall–Kier alpha value is -2.98. The summed E-state index contributed by atoms with van der Waals surface area (Å²) in [5.74, 6) is -0.241. The largest absolute Gasteiger partial charge is 0.507 e. The van der Waals surface area contributed by atoms with E-state index in [4.69, 9.17) is 0 Å². The summed E-state index contributed by atoms with van der Waals surface area (Å²) in [6.45, 7) is 0. The van der Waals surface area contributed by atoms with Gasteiger partial charge in [0.25, 0.3) is 0 Å². The molecule has 0 unspecified atom stereocenters. The molecule has 0 spiro atoms. The third kappa shape index (κ3) is 3.75. The molecule has 4 rings (SSSR count). The number of anilines is 1. The summed E-state index contributed by atoms with van der Waals surface area (Å²) in [4.78, 5) is 4.07. The van der Waals surface area contributed by atoms with Crippen LogP contribution in [0.25, 0.3) is 22.0 Å². The summed E-state index contributed by atoms with van der Waals surface area (Å²) in [7, 11) is 0. The predicted octanol–water partition coefficient (Wildman–Crippen LogP) is 3.10. The average Bonchev–Trinajstić information content (AvgIpc) is 2.71. The molecule has 1 aliphatic rings. The number of rotatable bonds is 3. The van der Waals surface area contributed by atoms with Crippen LogP contribution in [-0.4, -0.2) is 48.8 Å². The Bertz CT molecular complexity index is 1080. The number of hydrogen-bond acceptors (Lipinski definition) is 7. The molecule has 2 aromatic heterocycles. The fourth-order valence-electron chi connectivity index (χ4n) is 3.70. The molecule has 0 aliphatic heterocycles. The minimum Gasteiger partial charge on any atom is -0.507 e. The van der Waals surface area contributed by atoms with E-state index in [1.807, 2.05) is 0 Å². The number of halogens is 3. The van der Waals surface area contributed by atoms with E-state index >= 15 is 0 Å². The van der Waals surface area contributed by atoms with Gasteiger partial charge in [0, 0.05) is 28.7 Å². The highest BCUT2D eigenvalue weighted by atomic mass is 19.4. The number of hydrogen-bond donors (Lipinski definition) is 4. The second-order valence-corrected chi connectivity index (χ2v) is 7.29. The highest BCUT2D eigenvalue weighted by Gasteiger charge is 2.32. The molecule has 0 radical (unpaired) electrons. The zero-order valence-corrected chi connectivity index (χ0v) is 15.6. The Balaban J connectivity index is 1.75. The van der Waals surface area contributed by atoms with Gasteiger partial charge in [-0.1, -0.05) is 0 Å². The fourth-order valence-corrected chi connectivity index (χ4v) is 3.70. The molecular weight excluding hydrogens is 401 g/mol. The summed E-state index contributed by atoms with van der Waals surface area (Å²) >= 11 is 0. The number of aliphatic hydroxyl groups is 2. The first-order valence-corrected chi connectivity index (χ1v) is 9.39. The van der Waals surface area contributed by atoms with Crippen LogP contribution in [0.1, 0.15) is 24.8 Å². The van der Waals surface area contributed by atoms with Crippen LogP contribution in [0.5, 0.6) is 5.75 Å². The number of nitrogens with one attached hydrogen (secondary N) is 1. The Morgan fingerprint density at radius 3 is 2.57 bits per heavy atom. The van der Waals surface area contributed by atoms with Gasteiger partial charge in [-0.25, -0.2) is 0 Å². The van der Waals surface area contributed by atoms with Gasteiger partial charge in [-0.15, -0.1) is 10.2 Å². The molecule has 1 aromatic carbocycles. The molecule has 1 saturated carbocycles. The first-order chi connectivity index (χ1) is 14.3. The van der Waals surface area contributed by atoms with Crippen molar-refractivity contribution in [3.05, 3.63) is 42.2 Å². The number of alkyl halides is 3. The number of fused-ring (bicyclic) bond motifs is 1. The lowest BCUT2D eigenvalue weighted by Crippen LogP contribution is -2.45. The lowest BCUT2D eigenvalue weighted by molar-refractivity contribution is -0.137.